The number of carbonyl (C=O) groups excluding carboxylic acids is 2. The van der Waals surface area contributed by atoms with E-state index in [9.17, 15) is 44.6 Å². The summed E-state index contributed by atoms with van der Waals surface area (Å²) >= 11 is 0. The van der Waals surface area contributed by atoms with Crippen LogP contribution in [0.2, 0.25) is 0 Å². The minimum absolute atomic E-state index is 0.0684. The predicted octanol–water partition coefficient (Wildman–Crippen LogP) is 9.56. The molecular formula is C48H85O13P. The number of carbonyl (C=O) groups is 2. The molecule has 0 saturated heterocycles. The van der Waals surface area contributed by atoms with E-state index in [0.29, 0.717) is 12.8 Å². The summed E-state index contributed by atoms with van der Waals surface area (Å²) in [6, 6.07) is 0. The molecule has 6 unspecified atom stereocenters. The summed E-state index contributed by atoms with van der Waals surface area (Å²) in [5.74, 6) is -1.13. The molecule has 1 aliphatic carbocycles. The lowest BCUT2D eigenvalue weighted by molar-refractivity contribution is -0.220. The molecule has 8 atom stereocenters. The normalized spacial score (nSPS) is 22.3. The van der Waals surface area contributed by atoms with E-state index in [2.05, 4.69) is 62.5 Å². The maximum absolute atomic E-state index is 12.8. The number of hydrogen-bond donors (Lipinski definition) is 6. The van der Waals surface area contributed by atoms with Crippen molar-refractivity contribution in [3.8, 4) is 0 Å². The van der Waals surface area contributed by atoms with Gasteiger partial charge in [-0.1, -0.05) is 146 Å². The van der Waals surface area contributed by atoms with Crippen LogP contribution in [-0.2, 0) is 32.7 Å². The van der Waals surface area contributed by atoms with E-state index in [1.165, 1.54) is 64.2 Å². The van der Waals surface area contributed by atoms with E-state index in [4.69, 9.17) is 18.5 Å². The Morgan fingerprint density at radius 3 is 1.37 bits per heavy atom. The largest absolute Gasteiger partial charge is 0.472 e. The molecule has 1 aliphatic rings. The Bertz CT molecular complexity index is 1270. The molecule has 0 aromatic heterocycles. The van der Waals surface area contributed by atoms with E-state index in [-0.39, 0.29) is 12.8 Å². The Morgan fingerprint density at radius 2 is 0.871 bits per heavy atom. The average Bonchev–Trinajstić information content (AvgIpc) is 3.25. The van der Waals surface area contributed by atoms with E-state index in [0.717, 1.165) is 83.5 Å². The van der Waals surface area contributed by atoms with Gasteiger partial charge in [-0.25, -0.2) is 4.57 Å². The lowest BCUT2D eigenvalue weighted by Gasteiger charge is -2.41. The fourth-order valence-electron chi connectivity index (χ4n) is 6.99. The molecule has 1 saturated carbocycles. The highest BCUT2D eigenvalue weighted by molar-refractivity contribution is 7.47. The number of unbranched alkanes of at least 4 members (excludes halogenated alkanes) is 19. The Hall–Kier alpha value is -2.19. The molecule has 0 bridgehead atoms. The van der Waals surface area contributed by atoms with E-state index in [1.807, 2.05) is 0 Å². The van der Waals surface area contributed by atoms with Crippen molar-refractivity contribution < 1.29 is 63.1 Å². The zero-order valence-corrected chi connectivity index (χ0v) is 39.0. The molecule has 6 N–H and O–H groups in total. The van der Waals surface area contributed by atoms with E-state index in [1.54, 1.807) is 0 Å². The van der Waals surface area contributed by atoms with Crippen LogP contribution in [0.4, 0.5) is 0 Å². The molecular weight excluding hydrogens is 815 g/mol. The number of aliphatic hydroxyl groups excluding tert-OH is 5. The summed E-state index contributed by atoms with van der Waals surface area (Å²) in [6.07, 6.45) is 31.6. The SMILES string of the molecule is CCCCC/C=C\C/C=C\C/C=C\CCCCCCC(=O)O[C@H](COC(=O)CCCCCCC/C=C\CCCCCCCCC)COP(=O)(O)OC1C(O)C(O)C(O)[C@@H](O)C1O. The molecule has 0 aromatic rings. The van der Waals surface area contributed by atoms with Gasteiger partial charge in [0, 0.05) is 12.8 Å². The predicted molar refractivity (Wildman–Crippen MR) is 244 cm³/mol. The van der Waals surface area contributed by atoms with Gasteiger partial charge in [0.05, 0.1) is 6.61 Å². The van der Waals surface area contributed by atoms with Gasteiger partial charge in [0.15, 0.2) is 6.10 Å². The number of allylic oxidation sites excluding steroid dienone is 8. The smallest absolute Gasteiger partial charge is 0.462 e. The van der Waals surface area contributed by atoms with Crippen molar-refractivity contribution in [3.63, 3.8) is 0 Å². The first kappa shape index (κ1) is 57.8. The Morgan fingerprint density at radius 1 is 0.500 bits per heavy atom. The standard InChI is InChI=1S/C48H85O13P/c1-3-5-7-9-11-13-15-17-19-21-23-25-27-29-31-33-35-37-42(50)60-40(39-59-62(56,57)61-48-46(54)44(52)43(51)45(53)47(48)55)38-58-41(49)36-34-32-30-28-26-24-22-20-18-16-14-12-10-8-6-4-2/h11,13,17,19-20,22-23,25,40,43-48,51-55H,3-10,12,14-16,18,21,24,26-39H2,1-2H3,(H,56,57)/b13-11-,19-17-,22-20-,25-23-/t40-,43?,44-,45?,46?,47?,48?/m1/s1. The van der Waals surface area contributed by atoms with Crippen molar-refractivity contribution in [1.82, 2.24) is 0 Å². The molecule has 1 rings (SSSR count). The molecule has 0 aromatic carbocycles. The molecule has 0 aliphatic heterocycles. The van der Waals surface area contributed by atoms with Crippen LogP contribution in [0.3, 0.4) is 0 Å². The zero-order valence-electron chi connectivity index (χ0n) is 38.2. The van der Waals surface area contributed by atoms with Gasteiger partial charge in [0.25, 0.3) is 0 Å². The minimum Gasteiger partial charge on any atom is -0.462 e. The zero-order chi connectivity index (χ0) is 45.7. The van der Waals surface area contributed by atoms with Gasteiger partial charge in [-0.3, -0.25) is 18.6 Å². The van der Waals surface area contributed by atoms with Crippen LogP contribution in [0.1, 0.15) is 187 Å². The maximum Gasteiger partial charge on any atom is 0.472 e. The summed E-state index contributed by atoms with van der Waals surface area (Å²) in [4.78, 5) is 35.7. The van der Waals surface area contributed by atoms with Crippen molar-refractivity contribution in [3.05, 3.63) is 48.6 Å². The van der Waals surface area contributed by atoms with Gasteiger partial charge >= 0.3 is 19.8 Å². The van der Waals surface area contributed by atoms with Crippen LogP contribution in [0, 0.1) is 0 Å². The first-order valence-electron chi connectivity index (χ1n) is 23.9. The molecule has 0 amide bonds. The lowest BCUT2D eigenvalue weighted by atomic mass is 9.85. The summed E-state index contributed by atoms with van der Waals surface area (Å²) in [7, 11) is -5.13. The molecule has 13 nitrogen and oxygen atoms in total. The second kappa shape index (κ2) is 38.1. The molecule has 14 heteroatoms. The maximum atomic E-state index is 12.8. The molecule has 62 heavy (non-hydrogen) atoms. The highest BCUT2D eigenvalue weighted by Gasteiger charge is 2.51. The first-order valence-corrected chi connectivity index (χ1v) is 25.4. The van der Waals surface area contributed by atoms with Crippen LogP contribution in [0.15, 0.2) is 48.6 Å². The molecule has 360 valence electrons. The second-order valence-electron chi connectivity index (χ2n) is 16.6. The highest BCUT2D eigenvalue weighted by atomic mass is 31.2. The van der Waals surface area contributed by atoms with Gasteiger partial charge in [0.2, 0.25) is 0 Å². The van der Waals surface area contributed by atoms with Gasteiger partial charge in [-0.15, -0.1) is 0 Å². The summed E-state index contributed by atoms with van der Waals surface area (Å²) in [6.45, 7) is 3.25. The number of rotatable bonds is 39. The van der Waals surface area contributed by atoms with Crippen LogP contribution >= 0.6 is 7.82 Å². The quantitative estimate of drug-likeness (QED) is 0.0147. The fraction of sp³-hybridized carbons (Fsp3) is 0.792. The summed E-state index contributed by atoms with van der Waals surface area (Å²) in [5.41, 5.74) is 0. The Labute approximate surface area is 373 Å². The third kappa shape index (κ3) is 30.0. The Balaban J connectivity index is 2.47. The van der Waals surface area contributed by atoms with Crippen LogP contribution in [-0.4, -0.2) is 98.3 Å². The van der Waals surface area contributed by atoms with Gasteiger partial charge < -0.3 is 39.9 Å². The van der Waals surface area contributed by atoms with Crippen molar-refractivity contribution in [2.75, 3.05) is 13.2 Å². The van der Waals surface area contributed by atoms with Crippen molar-refractivity contribution in [2.45, 2.75) is 230 Å². The van der Waals surface area contributed by atoms with Crippen molar-refractivity contribution in [2.24, 2.45) is 0 Å². The molecule has 0 heterocycles. The second-order valence-corrected chi connectivity index (χ2v) is 18.0. The fourth-order valence-corrected chi connectivity index (χ4v) is 7.97. The van der Waals surface area contributed by atoms with E-state index < -0.39 is 75.7 Å². The summed E-state index contributed by atoms with van der Waals surface area (Å²) < 4.78 is 33.5. The average molecular weight is 901 g/mol. The van der Waals surface area contributed by atoms with Gasteiger partial charge in [-0.2, -0.15) is 0 Å². The number of esters is 2. The molecule has 0 radical (unpaired) electrons. The van der Waals surface area contributed by atoms with Crippen LogP contribution in [0.25, 0.3) is 0 Å². The van der Waals surface area contributed by atoms with Crippen LogP contribution < -0.4 is 0 Å². The van der Waals surface area contributed by atoms with Crippen molar-refractivity contribution >= 4 is 19.8 Å². The van der Waals surface area contributed by atoms with Crippen LogP contribution in [0.5, 0.6) is 0 Å². The number of phosphoric acid groups is 1. The summed E-state index contributed by atoms with van der Waals surface area (Å²) in [5, 5.41) is 50.2. The molecule has 0 spiro atoms. The third-order valence-electron chi connectivity index (χ3n) is 10.9. The molecule has 1 fully saturated rings. The number of ether oxygens (including phenoxy) is 2. The lowest BCUT2D eigenvalue weighted by Crippen LogP contribution is -2.64. The first-order chi connectivity index (χ1) is 29.9. The van der Waals surface area contributed by atoms with E-state index >= 15 is 0 Å². The van der Waals surface area contributed by atoms with Gasteiger partial charge in [-0.05, 0) is 77.0 Å². The van der Waals surface area contributed by atoms with Crippen molar-refractivity contribution in [1.29, 1.82) is 0 Å². The third-order valence-corrected chi connectivity index (χ3v) is 11.9. The monoisotopic (exact) mass is 901 g/mol. The number of phosphoric ester groups is 1. The Kier molecular flexibility index (Phi) is 35.5. The highest BCUT2D eigenvalue weighted by Crippen LogP contribution is 2.47. The topological polar surface area (TPSA) is 210 Å². The number of hydrogen-bond acceptors (Lipinski definition) is 12. The van der Waals surface area contributed by atoms with Gasteiger partial charge in [0.1, 0.15) is 43.2 Å². The minimum atomic E-state index is -5.13. The number of aliphatic hydroxyl groups is 5.